The van der Waals surface area contributed by atoms with E-state index < -0.39 is 12.0 Å². The maximum absolute atomic E-state index is 11.8. The summed E-state index contributed by atoms with van der Waals surface area (Å²) in [5, 5.41) is 11.7. The number of benzene rings is 1. The Hall–Kier alpha value is -1.49. The van der Waals surface area contributed by atoms with Crippen molar-refractivity contribution in [1.29, 1.82) is 0 Å². The molecule has 1 rings (SSSR count). The molecule has 0 spiro atoms. The predicted molar refractivity (Wildman–Crippen MR) is 86.5 cm³/mol. The fraction of sp³-hybridized carbons (Fsp3) is 0.500. The van der Waals surface area contributed by atoms with Crippen LogP contribution in [0, 0.1) is 5.92 Å². The van der Waals surface area contributed by atoms with Crippen molar-refractivity contribution in [1.82, 2.24) is 5.32 Å². The van der Waals surface area contributed by atoms with Crippen molar-refractivity contribution in [3.63, 3.8) is 0 Å². The molecule has 1 amide bonds. The van der Waals surface area contributed by atoms with Crippen molar-refractivity contribution in [2.45, 2.75) is 32.7 Å². The van der Waals surface area contributed by atoms with Crippen LogP contribution in [-0.4, -0.2) is 34.5 Å². The third-order valence-electron chi connectivity index (χ3n) is 3.41. The SMILES string of the molecule is CCC(C)C(NC(=O)CSCCc1ccccc1)C(=O)O. The minimum Gasteiger partial charge on any atom is -0.480 e. The van der Waals surface area contributed by atoms with Gasteiger partial charge in [0.25, 0.3) is 0 Å². The molecule has 5 heteroatoms. The number of carbonyl (C=O) groups is 2. The molecule has 1 aromatic rings. The number of rotatable bonds is 9. The normalized spacial score (nSPS) is 13.4. The van der Waals surface area contributed by atoms with Gasteiger partial charge in [-0.25, -0.2) is 4.79 Å². The summed E-state index contributed by atoms with van der Waals surface area (Å²) in [7, 11) is 0. The van der Waals surface area contributed by atoms with E-state index in [-0.39, 0.29) is 11.8 Å². The molecule has 0 heterocycles. The van der Waals surface area contributed by atoms with Crippen molar-refractivity contribution in [2.75, 3.05) is 11.5 Å². The first kappa shape index (κ1) is 17.6. The second-order valence-electron chi connectivity index (χ2n) is 5.06. The van der Waals surface area contributed by atoms with Gasteiger partial charge in [0.15, 0.2) is 0 Å². The fourth-order valence-electron chi connectivity index (χ4n) is 1.90. The second-order valence-corrected chi connectivity index (χ2v) is 6.16. The van der Waals surface area contributed by atoms with Gasteiger partial charge in [-0.3, -0.25) is 4.79 Å². The number of carboxylic acid groups (broad SMARTS) is 1. The standard InChI is InChI=1S/C16H23NO3S/c1-3-12(2)15(16(19)20)17-14(18)11-21-10-9-13-7-5-4-6-8-13/h4-8,12,15H,3,9-11H2,1-2H3,(H,17,18)(H,19,20). The lowest BCUT2D eigenvalue weighted by atomic mass is 9.99. The monoisotopic (exact) mass is 309 g/mol. The molecule has 2 N–H and O–H groups in total. The van der Waals surface area contributed by atoms with Crippen LogP contribution in [0.4, 0.5) is 0 Å². The highest BCUT2D eigenvalue weighted by molar-refractivity contribution is 7.99. The quantitative estimate of drug-likeness (QED) is 0.688. The third kappa shape index (κ3) is 6.67. The maximum Gasteiger partial charge on any atom is 0.326 e. The first-order valence-corrected chi connectivity index (χ1v) is 8.34. The van der Waals surface area contributed by atoms with Gasteiger partial charge in [-0.15, -0.1) is 0 Å². The van der Waals surface area contributed by atoms with Gasteiger partial charge in [0.2, 0.25) is 5.91 Å². The lowest BCUT2D eigenvalue weighted by Crippen LogP contribution is -2.45. The van der Waals surface area contributed by atoms with Gasteiger partial charge in [0.1, 0.15) is 6.04 Å². The van der Waals surface area contributed by atoms with Crippen LogP contribution in [0.25, 0.3) is 0 Å². The summed E-state index contributed by atoms with van der Waals surface area (Å²) in [5.74, 6) is -0.0977. The van der Waals surface area contributed by atoms with Crippen LogP contribution in [0.15, 0.2) is 30.3 Å². The molecule has 0 saturated carbocycles. The Morgan fingerprint density at radius 3 is 2.52 bits per heavy atom. The molecule has 4 nitrogen and oxygen atoms in total. The number of aryl methyl sites for hydroxylation is 1. The Morgan fingerprint density at radius 2 is 1.95 bits per heavy atom. The zero-order valence-electron chi connectivity index (χ0n) is 12.5. The first-order chi connectivity index (χ1) is 10.0. The summed E-state index contributed by atoms with van der Waals surface area (Å²) >= 11 is 1.52. The van der Waals surface area contributed by atoms with E-state index in [4.69, 9.17) is 5.11 Å². The van der Waals surface area contributed by atoms with E-state index in [0.717, 1.165) is 18.6 Å². The fourth-order valence-corrected chi connectivity index (χ4v) is 2.69. The highest BCUT2D eigenvalue weighted by Crippen LogP contribution is 2.10. The van der Waals surface area contributed by atoms with Crippen LogP contribution in [0.5, 0.6) is 0 Å². The first-order valence-electron chi connectivity index (χ1n) is 7.18. The number of hydrogen-bond acceptors (Lipinski definition) is 3. The summed E-state index contributed by atoms with van der Waals surface area (Å²) < 4.78 is 0. The molecule has 1 aromatic carbocycles. The van der Waals surface area contributed by atoms with E-state index in [2.05, 4.69) is 17.4 Å². The number of hydrogen-bond donors (Lipinski definition) is 2. The predicted octanol–water partition coefficient (Wildman–Crippen LogP) is 2.58. The van der Waals surface area contributed by atoms with Crippen molar-refractivity contribution in [2.24, 2.45) is 5.92 Å². The van der Waals surface area contributed by atoms with E-state index in [1.54, 1.807) is 0 Å². The average Bonchev–Trinajstić information content (AvgIpc) is 2.49. The minimum atomic E-state index is -0.966. The molecule has 116 valence electrons. The molecule has 0 fully saturated rings. The van der Waals surface area contributed by atoms with Crippen LogP contribution >= 0.6 is 11.8 Å². The van der Waals surface area contributed by atoms with Gasteiger partial charge in [-0.2, -0.15) is 11.8 Å². The summed E-state index contributed by atoms with van der Waals surface area (Å²) in [6.07, 6.45) is 1.63. The molecule has 0 saturated heterocycles. The summed E-state index contributed by atoms with van der Waals surface area (Å²) in [6.45, 7) is 3.75. The number of carbonyl (C=O) groups excluding carboxylic acids is 1. The number of aliphatic carboxylic acids is 1. The second kappa shape index (κ2) is 9.45. The molecular weight excluding hydrogens is 286 g/mol. The molecule has 0 aliphatic heterocycles. The van der Waals surface area contributed by atoms with Gasteiger partial charge >= 0.3 is 5.97 Å². The molecule has 0 bridgehead atoms. The Balaban J connectivity index is 2.28. The molecular formula is C16H23NO3S. The van der Waals surface area contributed by atoms with Gasteiger partial charge in [0, 0.05) is 0 Å². The minimum absolute atomic E-state index is 0.0687. The summed E-state index contributed by atoms with van der Waals surface area (Å²) in [4.78, 5) is 22.9. The highest BCUT2D eigenvalue weighted by Gasteiger charge is 2.24. The molecule has 21 heavy (non-hydrogen) atoms. The number of carboxylic acids is 1. The van der Waals surface area contributed by atoms with Gasteiger partial charge in [0.05, 0.1) is 5.75 Å². The number of nitrogens with one attached hydrogen (secondary N) is 1. The van der Waals surface area contributed by atoms with Crippen molar-refractivity contribution in [3.05, 3.63) is 35.9 Å². The Bertz CT molecular complexity index is 450. The van der Waals surface area contributed by atoms with Crippen LogP contribution in [0.3, 0.4) is 0 Å². The van der Waals surface area contributed by atoms with Gasteiger partial charge in [-0.05, 0) is 23.7 Å². The molecule has 0 radical (unpaired) electrons. The van der Waals surface area contributed by atoms with Crippen molar-refractivity contribution in [3.8, 4) is 0 Å². The summed E-state index contributed by atoms with van der Waals surface area (Å²) in [5.41, 5.74) is 1.24. The van der Waals surface area contributed by atoms with Crippen molar-refractivity contribution < 1.29 is 14.7 Å². The van der Waals surface area contributed by atoms with E-state index in [9.17, 15) is 9.59 Å². The van der Waals surface area contributed by atoms with Crippen LogP contribution in [0.1, 0.15) is 25.8 Å². The lowest BCUT2D eigenvalue weighted by molar-refractivity contribution is -0.143. The Morgan fingerprint density at radius 1 is 1.29 bits per heavy atom. The zero-order valence-corrected chi connectivity index (χ0v) is 13.4. The molecule has 0 aliphatic rings. The molecule has 2 unspecified atom stereocenters. The average molecular weight is 309 g/mol. The van der Waals surface area contributed by atoms with E-state index >= 15 is 0 Å². The maximum atomic E-state index is 11.8. The largest absolute Gasteiger partial charge is 0.480 e. The van der Waals surface area contributed by atoms with Crippen molar-refractivity contribution >= 4 is 23.6 Å². The number of amides is 1. The topological polar surface area (TPSA) is 66.4 Å². The number of thioether (sulfide) groups is 1. The third-order valence-corrected chi connectivity index (χ3v) is 4.37. The Labute approximate surface area is 130 Å². The summed E-state index contributed by atoms with van der Waals surface area (Å²) in [6, 6.07) is 9.29. The lowest BCUT2D eigenvalue weighted by Gasteiger charge is -2.19. The smallest absolute Gasteiger partial charge is 0.326 e. The molecule has 0 aromatic heterocycles. The van der Waals surface area contributed by atoms with E-state index in [1.807, 2.05) is 32.0 Å². The van der Waals surface area contributed by atoms with Crippen LogP contribution in [0.2, 0.25) is 0 Å². The molecule has 2 atom stereocenters. The zero-order chi connectivity index (χ0) is 15.7. The van der Waals surface area contributed by atoms with E-state index in [1.165, 1.54) is 17.3 Å². The van der Waals surface area contributed by atoms with E-state index in [0.29, 0.717) is 5.75 Å². The molecule has 0 aliphatic carbocycles. The Kier molecular flexibility index (Phi) is 7.90. The van der Waals surface area contributed by atoms with Crippen LogP contribution < -0.4 is 5.32 Å². The van der Waals surface area contributed by atoms with Gasteiger partial charge < -0.3 is 10.4 Å². The highest BCUT2D eigenvalue weighted by atomic mass is 32.2. The van der Waals surface area contributed by atoms with Gasteiger partial charge in [-0.1, -0.05) is 50.6 Å². The van der Waals surface area contributed by atoms with Crippen LogP contribution in [-0.2, 0) is 16.0 Å².